The molecule has 8 aromatic rings. The normalized spacial score (nSPS) is 11.1. The Balaban J connectivity index is 0.000000219. The molecule has 19 nitrogen and oxygen atoms in total. The van der Waals surface area contributed by atoms with Gasteiger partial charge in [-0.15, -0.1) is 9.46 Å². The lowest BCUT2D eigenvalue weighted by Gasteiger charge is -2.14. The van der Waals surface area contributed by atoms with E-state index in [9.17, 15) is 19.2 Å². The number of amides is 2. The predicted octanol–water partition coefficient (Wildman–Crippen LogP) is 8.76. The zero-order valence-corrected chi connectivity index (χ0v) is 45.2. The molecule has 8 rings (SSSR count). The Hall–Kier alpha value is -7.23. The lowest BCUT2D eigenvalue weighted by molar-refractivity contribution is 0.101. The third kappa shape index (κ3) is 13.6. The van der Waals surface area contributed by atoms with E-state index in [-0.39, 0.29) is 16.7 Å². The van der Waals surface area contributed by atoms with Crippen molar-refractivity contribution < 1.29 is 24.0 Å². The summed E-state index contributed by atoms with van der Waals surface area (Å²) in [6, 6.07) is 22.2. The zero-order chi connectivity index (χ0) is 54.1. The van der Waals surface area contributed by atoms with Crippen molar-refractivity contribution in [2.75, 3.05) is 97.0 Å². The number of aromatic nitrogens is 6. The number of fused-ring (bicyclic) bond motifs is 2. The van der Waals surface area contributed by atoms with E-state index in [1.54, 1.807) is 73.1 Å². The Labute approximate surface area is 455 Å². The number of carbonyl (C=O) groups is 2. The minimum absolute atomic E-state index is 0.248. The monoisotopic (exact) mass is 1120 g/mol. The van der Waals surface area contributed by atoms with Crippen LogP contribution in [0.1, 0.15) is 20.7 Å². The van der Waals surface area contributed by atoms with Gasteiger partial charge in [0.2, 0.25) is 11.9 Å². The van der Waals surface area contributed by atoms with Crippen LogP contribution in [0.5, 0.6) is 5.75 Å². The second-order valence-electron chi connectivity index (χ2n) is 16.9. The van der Waals surface area contributed by atoms with E-state index in [1.165, 1.54) is 45.6 Å². The van der Waals surface area contributed by atoms with Crippen molar-refractivity contribution in [3.63, 3.8) is 0 Å². The fraction of sp³-hybridized carbons (Fsp3) is 0.216. The summed E-state index contributed by atoms with van der Waals surface area (Å²) in [5.41, 5.74) is 2.45. The SMILES string of the molecule is COc1ccc(C(=O)Nc2ccc(Cl)c(-c3cc4cnc(NCCN(C)C)nc4n(OC)c3=O)c2)cc1Cl.COn1c(=O)c(-c2cc(NC(=O)c3cc(Cl)cc(Cl)c3)ccc2Cl)cc2cnc(NCCN(C)C)nc21. The van der Waals surface area contributed by atoms with Crippen molar-refractivity contribution >= 4 is 115 Å². The summed E-state index contributed by atoms with van der Waals surface area (Å²) in [7, 11) is 12.1. The molecule has 0 saturated heterocycles. The lowest BCUT2D eigenvalue weighted by atomic mass is 10.1. The third-order valence-electron chi connectivity index (χ3n) is 11.0. The number of halogens is 5. The van der Waals surface area contributed by atoms with E-state index >= 15 is 0 Å². The third-order valence-corrected chi connectivity index (χ3v) is 12.4. The summed E-state index contributed by atoms with van der Waals surface area (Å²) in [5.74, 6) is 0.393. The van der Waals surface area contributed by atoms with Crippen LogP contribution in [0.3, 0.4) is 0 Å². The predicted molar refractivity (Wildman–Crippen MR) is 298 cm³/mol. The van der Waals surface area contributed by atoms with Crippen LogP contribution >= 0.6 is 58.0 Å². The van der Waals surface area contributed by atoms with E-state index in [4.69, 9.17) is 72.4 Å². The second kappa shape index (κ2) is 24.9. The number of anilines is 4. The Morgan fingerprint density at radius 1 is 0.547 bits per heavy atom. The van der Waals surface area contributed by atoms with Crippen LogP contribution in [0.4, 0.5) is 23.3 Å². The highest BCUT2D eigenvalue weighted by atomic mass is 35.5. The number of pyridine rings is 2. The molecule has 0 radical (unpaired) electrons. The van der Waals surface area contributed by atoms with E-state index < -0.39 is 22.9 Å². The summed E-state index contributed by atoms with van der Waals surface area (Å²) in [6.45, 7) is 2.83. The molecule has 0 aliphatic heterocycles. The molecule has 0 fully saturated rings. The van der Waals surface area contributed by atoms with Crippen molar-refractivity contribution in [3.05, 3.63) is 154 Å². The van der Waals surface area contributed by atoms with Crippen LogP contribution in [-0.2, 0) is 0 Å². The molecule has 0 bridgehead atoms. The Bertz CT molecular complexity index is 3540. The highest BCUT2D eigenvalue weighted by Crippen LogP contribution is 2.33. The van der Waals surface area contributed by atoms with Gasteiger partial charge in [0.25, 0.3) is 22.9 Å². The van der Waals surface area contributed by atoms with Gasteiger partial charge in [-0.3, -0.25) is 19.2 Å². The maximum atomic E-state index is 13.4. The number of methoxy groups -OCH3 is 1. The number of hydrogen-bond donors (Lipinski definition) is 4. The molecule has 2 amide bonds. The van der Waals surface area contributed by atoms with Crippen LogP contribution in [0.2, 0.25) is 25.1 Å². The van der Waals surface area contributed by atoms with E-state index in [0.29, 0.717) is 106 Å². The van der Waals surface area contributed by atoms with Crippen molar-refractivity contribution in [3.8, 4) is 28.0 Å². The zero-order valence-electron chi connectivity index (χ0n) is 41.4. The first-order chi connectivity index (χ1) is 35.9. The molecule has 4 N–H and O–H groups in total. The lowest BCUT2D eigenvalue weighted by Crippen LogP contribution is -2.28. The van der Waals surface area contributed by atoms with Gasteiger partial charge in [-0.05, 0) is 113 Å². The van der Waals surface area contributed by atoms with Gasteiger partial charge in [0.05, 0.1) is 23.3 Å². The first-order valence-corrected chi connectivity index (χ1v) is 24.5. The van der Waals surface area contributed by atoms with Gasteiger partial charge in [-0.2, -0.15) is 9.97 Å². The first kappa shape index (κ1) is 55.5. The molecule has 0 saturated carbocycles. The van der Waals surface area contributed by atoms with Crippen molar-refractivity contribution in [2.45, 2.75) is 0 Å². The van der Waals surface area contributed by atoms with Gasteiger partial charge in [0.15, 0.2) is 11.3 Å². The molecule has 0 atom stereocenters. The van der Waals surface area contributed by atoms with Crippen molar-refractivity contribution in [2.24, 2.45) is 0 Å². The smallest absolute Gasteiger partial charge is 0.293 e. The average Bonchev–Trinajstić information content (AvgIpc) is 3.37. The van der Waals surface area contributed by atoms with E-state index in [2.05, 4.69) is 41.2 Å². The average molecular weight is 1120 g/mol. The Kier molecular flexibility index (Phi) is 18.4. The molecular weight excluding hydrogens is 1070 g/mol. The van der Waals surface area contributed by atoms with E-state index in [0.717, 1.165) is 22.6 Å². The number of hydrogen-bond acceptors (Lipinski definition) is 15. The number of nitrogens with one attached hydrogen (secondary N) is 4. The molecule has 75 heavy (non-hydrogen) atoms. The number of nitrogens with zero attached hydrogens (tertiary/aromatic N) is 8. The van der Waals surface area contributed by atoms with Gasteiger partial charge in [-0.25, -0.2) is 9.97 Å². The molecule has 4 heterocycles. The molecule has 4 aromatic heterocycles. The summed E-state index contributed by atoms with van der Waals surface area (Å²) in [6.07, 6.45) is 3.20. The fourth-order valence-electron chi connectivity index (χ4n) is 7.33. The molecule has 0 unspecified atom stereocenters. The minimum atomic E-state index is -0.472. The summed E-state index contributed by atoms with van der Waals surface area (Å²) in [4.78, 5) is 84.8. The fourth-order valence-corrected chi connectivity index (χ4v) is 8.56. The van der Waals surface area contributed by atoms with Gasteiger partial charge in [0, 0.05) is 103 Å². The number of likely N-dealkylation sites (N-methyl/N-ethyl adjacent to an activating group) is 2. The van der Waals surface area contributed by atoms with E-state index in [1.807, 2.05) is 38.0 Å². The van der Waals surface area contributed by atoms with Crippen LogP contribution in [0, 0.1) is 0 Å². The van der Waals surface area contributed by atoms with Crippen LogP contribution in [0.15, 0.2) is 107 Å². The number of carbonyl (C=O) groups excluding carboxylic acids is 2. The first-order valence-electron chi connectivity index (χ1n) is 22.6. The molecule has 390 valence electrons. The minimum Gasteiger partial charge on any atom is -0.495 e. The number of benzene rings is 4. The number of rotatable bonds is 17. The van der Waals surface area contributed by atoms with Crippen molar-refractivity contribution in [1.29, 1.82) is 0 Å². The largest absolute Gasteiger partial charge is 0.495 e. The second-order valence-corrected chi connectivity index (χ2v) is 19.0. The highest BCUT2D eigenvalue weighted by Gasteiger charge is 2.20. The van der Waals surface area contributed by atoms with Gasteiger partial charge >= 0.3 is 0 Å². The molecule has 0 aliphatic rings. The van der Waals surface area contributed by atoms with Gasteiger partial charge < -0.3 is 45.5 Å². The topological polar surface area (TPSA) is 212 Å². The van der Waals surface area contributed by atoms with Crippen LogP contribution in [0.25, 0.3) is 44.3 Å². The molecule has 0 spiro atoms. The van der Waals surface area contributed by atoms with Gasteiger partial charge in [0.1, 0.15) is 20.0 Å². The molecule has 4 aromatic carbocycles. The maximum absolute atomic E-state index is 13.4. The molecule has 0 aliphatic carbocycles. The number of ether oxygens (including phenoxy) is 1. The molecular formula is C51H49Cl5N12O7. The molecule has 24 heteroatoms. The van der Waals surface area contributed by atoms with Crippen molar-refractivity contribution in [1.82, 2.24) is 39.2 Å². The summed E-state index contributed by atoms with van der Waals surface area (Å²) in [5, 5.41) is 14.6. The summed E-state index contributed by atoms with van der Waals surface area (Å²) < 4.78 is 7.30. The van der Waals surface area contributed by atoms with Crippen LogP contribution < -0.4 is 46.8 Å². The highest BCUT2D eigenvalue weighted by molar-refractivity contribution is 6.36. The Morgan fingerprint density at radius 2 is 1.00 bits per heavy atom. The Morgan fingerprint density at radius 3 is 1.41 bits per heavy atom. The quantitative estimate of drug-likeness (QED) is 0.0671. The van der Waals surface area contributed by atoms with Crippen LogP contribution in [-0.4, -0.2) is 127 Å². The maximum Gasteiger partial charge on any atom is 0.293 e. The van der Waals surface area contributed by atoms with Gasteiger partial charge in [-0.1, -0.05) is 58.0 Å². The standard InChI is InChI=1S/C26H26Cl2N6O4.C25H23Cl3N6O3/c1-33(2)10-9-29-26-30-14-16-11-19(25(36)34(38-4)23(16)32-26)18-13-17(6-7-20(18)27)31-24(35)15-5-8-22(37-3)21(28)12-15;1-33(2)7-6-29-25-30-13-15-10-20(24(36)34(37-3)22(15)32-25)19-12-18(4-5-21(19)28)31-23(35)14-8-16(26)11-17(27)9-14/h5-8,11-14H,9-10H2,1-4H3,(H,31,35)(H,29,30,32);4-5,8-13H,6-7H2,1-3H3,(H,31,35)(H,29,30,32). The summed E-state index contributed by atoms with van der Waals surface area (Å²) >= 11 is 31.1.